The van der Waals surface area contributed by atoms with Crippen LogP contribution in [0.5, 0.6) is 0 Å². The minimum Gasteiger partial charge on any atom is -0.382 e. The largest absolute Gasteiger partial charge is 0.382 e. The zero-order chi connectivity index (χ0) is 10.7. The first-order valence-electron chi connectivity index (χ1n) is 3.72. The van der Waals surface area contributed by atoms with Crippen LogP contribution in [0.15, 0.2) is 9.95 Å². The molecule has 0 atom stereocenters. The van der Waals surface area contributed by atoms with Crippen molar-refractivity contribution in [3.63, 3.8) is 0 Å². The van der Waals surface area contributed by atoms with Crippen LogP contribution >= 0.6 is 11.8 Å². The molecule has 0 spiro atoms. The van der Waals surface area contributed by atoms with Gasteiger partial charge in [0.2, 0.25) is 6.41 Å². The Kier molecular flexibility index (Phi) is 3.13. The molecule has 0 saturated carbocycles. The van der Waals surface area contributed by atoms with Gasteiger partial charge >= 0.3 is 0 Å². The lowest BCUT2D eigenvalue weighted by Crippen LogP contribution is -2.25. The maximum Gasteiger partial charge on any atom is 0.279 e. The highest BCUT2D eigenvalue weighted by Gasteiger charge is 2.10. The molecule has 1 aromatic rings. The predicted octanol–water partition coefficient (Wildman–Crippen LogP) is -0.347. The van der Waals surface area contributed by atoms with Crippen LogP contribution in [-0.4, -0.2) is 22.2 Å². The summed E-state index contributed by atoms with van der Waals surface area (Å²) in [5.74, 6) is 0.0320. The number of carbonyl (C=O) groups is 1. The van der Waals surface area contributed by atoms with E-state index in [1.54, 1.807) is 13.3 Å². The van der Waals surface area contributed by atoms with Gasteiger partial charge in [-0.05, 0) is 6.26 Å². The fraction of sp³-hybridized carbons (Fsp3) is 0.286. The van der Waals surface area contributed by atoms with Crippen LogP contribution in [0.4, 0.5) is 11.5 Å². The van der Waals surface area contributed by atoms with Crippen molar-refractivity contribution in [3.8, 4) is 0 Å². The molecule has 0 aromatic carbocycles. The van der Waals surface area contributed by atoms with E-state index in [9.17, 15) is 9.59 Å². The average Bonchev–Trinajstić information content (AvgIpc) is 2.18. The lowest BCUT2D eigenvalue weighted by Gasteiger charge is -2.08. The van der Waals surface area contributed by atoms with Crippen molar-refractivity contribution in [2.24, 2.45) is 7.05 Å². The molecule has 7 heteroatoms. The molecule has 1 amide bonds. The SMILES string of the molecule is CSc1nc(N)c(NC=O)c(=O)n1C. The summed E-state index contributed by atoms with van der Waals surface area (Å²) in [5, 5.41) is 2.73. The summed E-state index contributed by atoms with van der Waals surface area (Å²) in [4.78, 5) is 25.7. The minimum absolute atomic E-state index is 0.0142. The molecule has 0 unspecified atom stereocenters. The summed E-state index contributed by atoms with van der Waals surface area (Å²) >= 11 is 1.31. The summed E-state index contributed by atoms with van der Waals surface area (Å²) in [5.41, 5.74) is 5.14. The standard InChI is InChI=1S/C7H10N4O2S/c1-11-6(13)4(9-3-12)5(8)10-7(11)14-2/h3H,8H2,1-2H3,(H,9,12). The number of rotatable bonds is 3. The molecule has 0 saturated heterocycles. The minimum atomic E-state index is -0.367. The van der Waals surface area contributed by atoms with Crippen LogP contribution < -0.4 is 16.6 Å². The van der Waals surface area contributed by atoms with E-state index >= 15 is 0 Å². The highest BCUT2D eigenvalue weighted by molar-refractivity contribution is 7.98. The first-order chi connectivity index (χ1) is 6.61. The number of hydrogen-bond donors (Lipinski definition) is 2. The number of thioether (sulfide) groups is 1. The number of hydrogen-bond acceptors (Lipinski definition) is 5. The summed E-state index contributed by atoms with van der Waals surface area (Å²) < 4.78 is 1.33. The van der Waals surface area contributed by atoms with E-state index in [1.807, 2.05) is 0 Å². The molecule has 1 rings (SSSR count). The molecule has 0 fully saturated rings. The molecule has 1 heterocycles. The number of nitrogen functional groups attached to an aromatic ring is 1. The van der Waals surface area contributed by atoms with Gasteiger partial charge in [0.25, 0.3) is 5.56 Å². The number of nitrogens with two attached hydrogens (primary N) is 1. The Morgan fingerprint density at radius 1 is 1.64 bits per heavy atom. The van der Waals surface area contributed by atoms with E-state index in [4.69, 9.17) is 5.73 Å². The fourth-order valence-electron chi connectivity index (χ4n) is 0.975. The van der Waals surface area contributed by atoms with Crippen LogP contribution in [0.2, 0.25) is 0 Å². The van der Waals surface area contributed by atoms with Crippen molar-refractivity contribution >= 4 is 29.7 Å². The van der Waals surface area contributed by atoms with Crippen LogP contribution in [0, 0.1) is 0 Å². The number of carbonyl (C=O) groups excluding carboxylic acids is 1. The van der Waals surface area contributed by atoms with Crippen molar-refractivity contribution in [2.45, 2.75) is 5.16 Å². The Hall–Kier alpha value is -1.50. The number of amides is 1. The molecular formula is C7H10N4O2S. The highest BCUT2D eigenvalue weighted by Crippen LogP contribution is 2.15. The van der Waals surface area contributed by atoms with Crippen LogP contribution in [0.25, 0.3) is 0 Å². The van der Waals surface area contributed by atoms with Gasteiger partial charge < -0.3 is 11.1 Å². The molecule has 0 radical (unpaired) electrons. The van der Waals surface area contributed by atoms with Crippen molar-refractivity contribution in [2.75, 3.05) is 17.3 Å². The molecule has 1 aromatic heterocycles. The zero-order valence-electron chi connectivity index (χ0n) is 7.77. The molecule has 0 aliphatic rings. The monoisotopic (exact) mass is 214 g/mol. The molecule has 14 heavy (non-hydrogen) atoms. The summed E-state index contributed by atoms with van der Waals surface area (Å²) in [7, 11) is 1.57. The Balaban J connectivity index is 3.41. The van der Waals surface area contributed by atoms with Crippen molar-refractivity contribution < 1.29 is 4.79 Å². The lowest BCUT2D eigenvalue weighted by atomic mass is 10.4. The maximum atomic E-state index is 11.6. The van der Waals surface area contributed by atoms with E-state index in [1.165, 1.54) is 16.3 Å². The molecule has 0 aliphatic carbocycles. The van der Waals surface area contributed by atoms with Gasteiger partial charge in [-0.2, -0.15) is 0 Å². The third-order valence-electron chi connectivity index (χ3n) is 1.66. The maximum absolute atomic E-state index is 11.6. The second-order valence-corrected chi connectivity index (χ2v) is 3.26. The van der Waals surface area contributed by atoms with Gasteiger partial charge in [-0.3, -0.25) is 14.2 Å². The van der Waals surface area contributed by atoms with E-state index < -0.39 is 0 Å². The van der Waals surface area contributed by atoms with Crippen LogP contribution in [0.3, 0.4) is 0 Å². The fourth-order valence-corrected chi connectivity index (χ4v) is 1.52. The Morgan fingerprint density at radius 2 is 2.29 bits per heavy atom. The van der Waals surface area contributed by atoms with E-state index in [0.717, 1.165) is 0 Å². The van der Waals surface area contributed by atoms with Crippen molar-refractivity contribution in [1.82, 2.24) is 9.55 Å². The summed E-state index contributed by atoms with van der Waals surface area (Å²) in [6.45, 7) is 0. The van der Waals surface area contributed by atoms with Gasteiger partial charge in [0.1, 0.15) is 5.69 Å². The van der Waals surface area contributed by atoms with Gasteiger partial charge in [0.15, 0.2) is 11.0 Å². The van der Waals surface area contributed by atoms with Gasteiger partial charge in [0, 0.05) is 7.05 Å². The highest BCUT2D eigenvalue weighted by atomic mass is 32.2. The van der Waals surface area contributed by atoms with E-state index in [0.29, 0.717) is 11.6 Å². The Labute approximate surface area is 84.5 Å². The van der Waals surface area contributed by atoms with Crippen molar-refractivity contribution in [3.05, 3.63) is 10.4 Å². The number of aromatic nitrogens is 2. The molecule has 76 valence electrons. The Morgan fingerprint density at radius 3 is 2.79 bits per heavy atom. The van der Waals surface area contributed by atoms with Gasteiger partial charge in [0.05, 0.1) is 0 Å². The molecule has 6 nitrogen and oxygen atoms in total. The quantitative estimate of drug-likeness (QED) is 0.408. The van der Waals surface area contributed by atoms with Crippen LogP contribution in [-0.2, 0) is 11.8 Å². The Bertz CT molecular complexity index is 415. The topological polar surface area (TPSA) is 90.0 Å². The van der Waals surface area contributed by atoms with E-state index in [-0.39, 0.29) is 17.1 Å². The first-order valence-corrected chi connectivity index (χ1v) is 4.95. The summed E-state index contributed by atoms with van der Waals surface area (Å²) in [6, 6.07) is 0. The third-order valence-corrected chi connectivity index (χ3v) is 2.39. The van der Waals surface area contributed by atoms with Crippen LogP contribution in [0.1, 0.15) is 0 Å². The normalized spacial score (nSPS) is 9.86. The van der Waals surface area contributed by atoms with Gasteiger partial charge in [-0.25, -0.2) is 4.98 Å². The lowest BCUT2D eigenvalue weighted by molar-refractivity contribution is -0.105. The molecule has 0 aliphatic heterocycles. The van der Waals surface area contributed by atoms with Gasteiger partial charge in [-0.15, -0.1) is 0 Å². The first kappa shape index (κ1) is 10.6. The molecule has 3 N–H and O–H groups in total. The average molecular weight is 214 g/mol. The molecular weight excluding hydrogens is 204 g/mol. The van der Waals surface area contributed by atoms with Gasteiger partial charge in [-0.1, -0.05) is 11.8 Å². The smallest absolute Gasteiger partial charge is 0.279 e. The second kappa shape index (κ2) is 4.14. The van der Waals surface area contributed by atoms with Crippen molar-refractivity contribution in [1.29, 1.82) is 0 Å². The zero-order valence-corrected chi connectivity index (χ0v) is 8.59. The second-order valence-electron chi connectivity index (χ2n) is 2.49. The third kappa shape index (κ3) is 1.72. The predicted molar refractivity (Wildman–Crippen MR) is 55.4 cm³/mol. The van der Waals surface area contributed by atoms with E-state index in [2.05, 4.69) is 10.3 Å². The molecule has 0 bridgehead atoms. The number of nitrogens with one attached hydrogen (secondary N) is 1. The number of anilines is 2. The number of nitrogens with zero attached hydrogens (tertiary/aromatic N) is 2. The summed E-state index contributed by atoms with van der Waals surface area (Å²) in [6.07, 6.45) is 2.18.